The molecule has 1 fully saturated rings. The monoisotopic (exact) mass is 1130 g/mol. The number of nitrogens with one attached hydrogen (secondary N) is 2. The van der Waals surface area contributed by atoms with Gasteiger partial charge in [0.2, 0.25) is 0 Å². The average molecular weight is 1130 g/mol. The summed E-state index contributed by atoms with van der Waals surface area (Å²) >= 11 is 8.74. The SMILES string of the molecule is CC(C)(C)OC(=O)NC(Cc1cc(I)c(Oc2cc(I)c(OCC(O)CNC3CCCCCC(N)CC(N)CC3)c(I)c2)c(I)c1)C(=O)O. The summed E-state index contributed by atoms with van der Waals surface area (Å²) in [5.74, 6) is 0.784. The Hall–Kier alpha value is -0.460. The predicted octanol–water partition coefficient (Wildman–Crippen LogP) is 6.90. The number of halogens is 4. The van der Waals surface area contributed by atoms with Gasteiger partial charge in [-0.3, -0.25) is 0 Å². The molecule has 3 rings (SSSR count). The summed E-state index contributed by atoms with van der Waals surface area (Å²) in [5, 5.41) is 26.5. The predicted molar refractivity (Wildman–Crippen MR) is 225 cm³/mol. The Morgan fingerprint density at radius 1 is 0.898 bits per heavy atom. The molecule has 0 radical (unpaired) electrons. The van der Waals surface area contributed by atoms with Crippen molar-refractivity contribution >= 4 is 102 Å². The number of hydrogen-bond acceptors (Lipinski definition) is 9. The molecule has 0 saturated heterocycles. The minimum absolute atomic E-state index is 0.0774. The van der Waals surface area contributed by atoms with Crippen molar-refractivity contribution < 1.29 is 34.0 Å². The zero-order valence-corrected chi connectivity index (χ0v) is 36.7. The van der Waals surface area contributed by atoms with Gasteiger partial charge in [0.15, 0.2) is 5.75 Å². The fraction of sp³-hybridized carbons (Fsp3) is 0.588. The summed E-state index contributed by atoms with van der Waals surface area (Å²) in [4.78, 5) is 24.1. The van der Waals surface area contributed by atoms with Crippen LogP contribution in [-0.2, 0) is 16.0 Å². The van der Waals surface area contributed by atoms with E-state index >= 15 is 0 Å². The molecule has 5 atom stereocenters. The van der Waals surface area contributed by atoms with Gasteiger partial charge in [-0.2, -0.15) is 0 Å². The van der Waals surface area contributed by atoms with Crippen LogP contribution < -0.4 is 31.6 Å². The van der Waals surface area contributed by atoms with Crippen LogP contribution >= 0.6 is 90.4 Å². The number of ether oxygens (including phenoxy) is 3. The molecule has 1 amide bonds. The lowest BCUT2D eigenvalue weighted by Crippen LogP contribution is -2.44. The highest BCUT2D eigenvalue weighted by Crippen LogP contribution is 2.37. The van der Waals surface area contributed by atoms with Gasteiger partial charge in [-0.15, -0.1) is 0 Å². The number of carboxylic acid groups (broad SMARTS) is 1. The van der Waals surface area contributed by atoms with Crippen LogP contribution in [-0.4, -0.2) is 71.3 Å². The number of aliphatic carboxylic acids is 1. The number of carbonyl (C=O) groups excluding carboxylic acids is 1. The molecule has 1 saturated carbocycles. The van der Waals surface area contributed by atoms with Crippen LogP contribution in [0.3, 0.4) is 0 Å². The number of alkyl carbamates (subject to hydrolysis) is 1. The normalized spacial score (nSPS) is 20.4. The van der Waals surface area contributed by atoms with E-state index in [0.717, 1.165) is 71.2 Å². The van der Waals surface area contributed by atoms with Gasteiger partial charge >= 0.3 is 12.1 Å². The molecular weight excluding hydrogens is 1080 g/mol. The first-order chi connectivity index (χ1) is 23.0. The quantitative estimate of drug-likeness (QED) is 0.123. The van der Waals surface area contributed by atoms with Crippen LogP contribution in [0.2, 0.25) is 0 Å². The highest BCUT2D eigenvalue weighted by molar-refractivity contribution is 14.1. The second-order valence-corrected chi connectivity index (χ2v) is 18.1. The summed E-state index contributed by atoms with van der Waals surface area (Å²) in [6.07, 6.45) is 6.89. The van der Waals surface area contributed by atoms with Gasteiger partial charge in [-0.25, -0.2) is 9.59 Å². The summed E-state index contributed by atoms with van der Waals surface area (Å²) < 4.78 is 20.9. The largest absolute Gasteiger partial charge is 0.489 e. The van der Waals surface area contributed by atoms with E-state index in [1.54, 1.807) is 20.8 Å². The van der Waals surface area contributed by atoms with Crippen molar-refractivity contribution in [3.63, 3.8) is 0 Å². The number of aliphatic hydroxyl groups excluding tert-OH is 1. The Bertz CT molecular complexity index is 1370. The second-order valence-electron chi connectivity index (χ2n) is 13.5. The van der Waals surface area contributed by atoms with Gasteiger partial charge in [0, 0.05) is 31.1 Å². The van der Waals surface area contributed by atoms with E-state index in [9.17, 15) is 19.8 Å². The zero-order valence-electron chi connectivity index (χ0n) is 28.1. The molecule has 0 bridgehead atoms. The first-order valence-electron chi connectivity index (χ1n) is 16.4. The standard InChI is InChI=1S/C34H48I4N4O7/c1-34(2,3)49-33(46)42-29(32(44)45)13-19-11-25(35)31(26(36)12-19)48-24-15-27(37)30(28(38)16-24)47-18-23(43)17-41-22-8-6-4-5-7-20(39)14-21(40)9-10-22/h11-12,15-16,20-23,29,41,43H,4-10,13-14,17-18,39-40H2,1-3H3,(H,42,46)(H,44,45). The van der Waals surface area contributed by atoms with Crippen molar-refractivity contribution in [2.24, 2.45) is 11.5 Å². The molecule has 0 spiro atoms. The smallest absolute Gasteiger partial charge is 0.408 e. The molecule has 11 nitrogen and oxygen atoms in total. The summed E-state index contributed by atoms with van der Waals surface area (Å²) in [7, 11) is 0. The number of hydrogen-bond donors (Lipinski definition) is 6. The van der Waals surface area contributed by atoms with E-state index in [0.29, 0.717) is 29.8 Å². The maximum Gasteiger partial charge on any atom is 0.408 e. The van der Waals surface area contributed by atoms with Crippen LogP contribution in [0.4, 0.5) is 4.79 Å². The number of nitrogens with two attached hydrogens (primary N) is 2. The van der Waals surface area contributed by atoms with E-state index < -0.39 is 29.8 Å². The lowest BCUT2D eigenvalue weighted by Gasteiger charge is -2.23. The third kappa shape index (κ3) is 15.6. The van der Waals surface area contributed by atoms with E-state index in [1.165, 1.54) is 0 Å². The molecule has 5 unspecified atom stereocenters. The molecule has 274 valence electrons. The number of rotatable bonds is 12. The van der Waals surface area contributed by atoms with Crippen molar-refractivity contribution in [2.45, 2.75) is 114 Å². The Labute approximate surface area is 344 Å². The maximum atomic E-state index is 12.2. The zero-order chi connectivity index (χ0) is 36.3. The first kappa shape index (κ1) is 42.9. The fourth-order valence-electron chi connectivity index (χ4n) is 5.47. The average Bonchev–Trinajstić information content (AvgIpc) is 3.01. The van der Waals surface area contributed by atoms with E-state index in [4.69, 9.17) is 25.7 Å². The Morgan fingerprint density at radius 2 is 1.49 bits per heavy atom. The van der Waals surface area contributed by atoms with E-state index in [2.05, 4.69) is 101 Å². The van der Waals surface area contributed by atoms with E-state index in [1.807, 2.05) is 24.3 Å². The lowest BCUT2D eigenvalue weighted by molar-refractivity contribution is -0.139. The van der Waals surface area contributed by atoms with Gasteiger partial charge in [0.1, 0.15) is 35.9 Å². The minimum Gasteiger partial charge on any atom is -0.489 e. The molecule has 0 aliphatic heterocycles. The number of carbonyl (C=O) groups is 2. The molecule has 2 aromatic carbocycles. The van der Waals surface area contributed by atoms with Crippen molar-refractivity contribution in [2.75, 3.05) is 13.2 Å². The minimum atomic E-state index is -1.16. The maximum absolute atomic E-state index is 12.2. The van der Waals surface area contributed by atoms with Crippen LogP contribution in [0, 0.1) is 14.3 Å². The van der Waals surface area contributed by atoms with Crippen molar-refractivity contribution in [1.29, 1.82) is 0 Å². The van der Waals surface area contributed by atoms with Gasteiger partial charge in [0.25, 0.3) is 0 Å². The Kier molecular flexibility index (Phi) is 18.1. The van der Waals surface area contributed by atoms with Crippen LogP contribution in [0.25, 0.3) is 0 Å². The third-order valence-electron chi connectivity index (χ3n) is 7.86. The number of aliphatic hydroxyl groups is 1. The molecule has 15 heteroatoms. The number of benzene rings is 2. The molecule has 0 heterocycles. The van der Waals surface area contributed by atoms with Crippen molar-refractivity contribution in [3.05, 3.63) is 44.1 Å². The molecular formula is C34H48I4N4O7. The molecule has 49 heavy (non-hydrogen) atoms. The molecule has 0 aromatic heterocycles. The number of amides is 1. The van der Waals surface area contributed by atoms with Crippen molar-refractivity contribution in [1.82, 2.24) is 10.6 Å². The highest BCUT2D eigenvalue weighted by Gasteiger charge is 2.25. The second kappa shape index (κ2) is 20.7. The van der Waals surface area contributed by atoms with Crippen LogP contribution in [0.5, 0.6) is 17.2 Å². The van der Waals surface area contributed by atoms with Crippen LogP contribution in [0.1, 0.15) is 77.7 Å². The van der Waals surface area contributed by atoms with Gasteiger partial charge in [-0.1, -0.05) is 19.3 Å². The van der Waals surface area contributed by atoms with Gasteiger partial charge in [0.05, 0.1) is 14.3 Å². The third-order valence-corrected chi connectivity index (χ3v) is 11.1. The van der Waals surface area contributed by atoms with Crippen molar-refractivity contribution in [3.8, 4) is 17.2 Å². The first-order valence-corrected chi connectivity index (χ1v) is 20.7. The van der Waals surface area contributed by atoms with Crippen LogP contribution in [0.15, 0.2) is 24.3 Å². The topological polar surface area (TPSA) is 178 Å². The van der Waals surface area contributed by atoms with E-state index in [-0.39, 0.29) is 25.1 Å². The summed E-state index contributed by atoms with van der Waals surface area (Å²) in [6.45, 7) is 5.74. The molecule has 1 aliphatic carbocycles. The lowest BCUT2D eigenvalue weighted by atomic mass is 9.98. The molecule has 8 N–H and O–H groups in total. The summed E-state index contributed by atoms with van der Waals surface area (Å²) in [6, 6.07) is 6.90. The Balaban J connectivity index is 1.58. The summed E-state index contributed by atoms with van der Waals surface area (Å²) in [5.41, 5.74) is 12.5. The molecule has 2 aromatic rings. The molecule has 1 aliphatic rings. The fourth-order valence-corrected chi connectivity index (χ4v) is 9.61. The number of carboxylic acids is 1. The van der Waals surface area contributed by atoms with Gasteiger partial charge in [-0.05, 0) is 173 Å². The Morgan fingerprint density at radius 3 is 2.10 bits per heavy atom. The van der Waals surface area contributed by atoms with Gasteiger partial charge < -0.3 is 46.5 Å². The highest BCUT2D eigenvalue weighted by atomic mass is 127.